The van der Waals surface area contributed by atoms with Gasteiger partial charge in [0.25, 0.3) is 5.91 Å². The van der Waals surface area contributed by atoms with Crippen LogP contribution in [0.2, 0.25) is 0 Å². The summed E-state index contributed by atoms with van der Waals surface area (Å²) in [7, 11) is 0. The van der Waals surface area contributed by atoms with E-state index in [-0.39, 0.29) is 5.91 Å². The molecule has 98 valence electrons. The van der Waals surface area contributed by atoms with Gasteiger partial charge in [0.05, 0.1) is 6.10 Å². The molecule has 0 aromatic heterocycles. The van der Waals surface area contributed by atoms with E-state index in [0.717, 1.165) is 5.56 Å². The molecule has 1 heterocycles. The van der Waals surface area contributed by atoms with Gasteiger partial charge in [-0.1, -0.05) is 30.3 Å². The van der Waals surface area contributed by atoms with E-state index < -0.39 is 12.2 Å². The summed E-state index contributed by atoms with van der Waals surface area (Å²) in [5.74, 6) is -0.262. The van der Waals surface area contributed by atoms with Gasteiger partial charge in [-0.25, -0.2) is 0 Å². The Morgan fingerprint density at radius 1 is 1.39 bits per heavy atom. The Morgan fingerprint density at radius 3 is 2.72 bits per heavy atom. The maximum Gasteiger partial charge on any atom is 0.251 e. The van der Waals surface area contributed by atoms with Gasteiger partial charge in [-0.3, -0.25) is 4.79 Å². The Labute approximate surface area is 107 Å². The van der Waals surface area contributed by atoms with E-state index in [0.29, 0.717) is 32.4 Å². The molecule has 2 rings (SSSR count). The first-order chi connectivity index (χ1) is 8.66. The number of carbonyl (C=O) groups excluding carboxylic acids is 1. The molecule has 0 radical (unpaired) electrons. The van der Waals surface area contributed by atoms with Crippen molar-refractivity contribution in [2.45, 2.75) is 31.5 Å². The van der Waals surface area contributed by atoms with Gasteiger partial charge in [-0.15, -0.1) is 0 Å². The Bertz CT molecular complexity index is 393. The lowest BCUT2D eigenvalue weighted by molar-refractivity contribution is -0.139. The van der Waals surface area contributed by atoms with Crippen LogP contribution in [-0.4, -0.2) is 46.3 Å². The highest BCUT2D eigenvalue weighted by Gasteiger charge is 2.28. The highest BCUT2D eigenvalue weighted by atomic mass is 16.3. The van der Waals surface area contributed by atoms with E-state index in [1.807, 2.05) is 30.3 Å². The Hall–Kier alpha value is -1.39. The van der Waals surface area contributed by atoms with Crippen LogP contribution in [0.3, 0.4) is 0 Å². The van der Waals surface area contributed by atoms with Crippen LogP contribution in [0, 0.1) is 0 Å². The number of benzene rings is 1. The van der Waals surface area contributed by atoms with Crippen molar-refractivity contribution in [3.05, 3.63) is 35.9 Å². The highest BCUT2D eigenvalue weighted by Crippen LogP contribution is 2.13. The summed E-state index contributed by atoms with van der Waals surface area (Å²) in [6.45, 7) is 0.892. The maximum absolute atomic E-state index is 11.9. The topological polar surface area (TPSA) is 60.8 Å². The SMILES string of the molecule is O=C([C@H](O)CCc1ccccc1)N1CC[C@@H](O)C1. The Kier molecular flexibility index (Phi) is 4.33. The van der Waals surface area contributed by atoms with Gasteiger partial charge >= 0.3 is 0 Å². The lowest BCUT2D eigenvalue weighted by atomic mass is 10.1. The molecule has 1 aromatic rings. The normalized spacial score (nSPS) is 21.0. The van der Waals surface area contributed by atoms with Gasteiger partial charge in [0.2, 0.25) is 0 Å². The number of carbonyl (C=O) groups is 1. The van der Waals surface area contributed by atoms with Gasteiger partial charge in [-0.2, -0.15) is 0 Å². The molecule has 1 aliphatic rings. The summed E-state index contributed by atoms with van der Waals surface area (Å²) < 4.78 is 0. The molecule has 2 atom stereocenters. The minimum Gasteiger partial charge on any atom is -0.391 e. The molecule has 2 N–H and O–H groups in total. The van der Waals surface area contributed by atoms with E-state index >= 15 is 0 Å². The zero-order chi connectivity index (χ0) is 13.0. The van der Waals surface area contributed by atoms with Gasteiger partial charge in [0.15, 0.2) is 0 Å². The molecule has 1 fully saturated rings. The zero-order valence-corrected chi connectivity index (χ0v) is 10.3. The van der Waals surface area contributed by atoms with Crippen LogP contribution >= 0.6 is 0 Å². The Balaban J connectivity index is 1.81. The van der Waals surface area contributed by atoms with Gasteiger partial charge < -0.3 is 15.1 Å². The van der Waals surface area contributed by atoms with Gasteiger partial charge in [0.1, 0.15) is 6.10 Å². The summed E-state index contributed by atoms with van der Waals surface area (Å²) in [4.78, 5) is 13.4. The summed E-state index contributed by atoms with van der Waals surface area (Å²) in [5, 5.41) is 19.2. The lowest BCUT2D eigenvalue weighted by Gasteiger charge is -2.19. The van der Waals surface area contributed by atoms with E-state index in [1.165, 1.54) is 0 Å². The molecule has 1 aliphatic heterocycles. The van der Waals surface area contributed by atoms with Gasteiger partial charge in [-0.05, 0) is 24.8 Å². The second kappa shape index (κ2) is 5.98. The quantitative estimate of drug-likeness (QED) is 0.820. The van der Waals surface area contributed by atoms with Crippen molar-refractivity contribution in [1.82, 2.24) is 4.90 Å². The van der Waals surface area contributed by atoms with E-state index in [1.54, 1.807) is 4.90 Å². The minimum atomic E-state index is -0.962. The largest absolute Gasteiger partial charge is 0.391 e. The molecule has 0 spiro atoms. The number of amides is 1. The molecule has 1 saturated heterocycles. The first kappa shape index (κ1) is 13.1. The third kappa shape index (κ3) is 3.31. The van der Waals surface area contributed by atoms with Crippen LogP contribution in [0.25, 0.3) is 0 Å². The number of likely N-dealkylation sites (tertiary alicyclic amines) is 1. The average molecular weight is 249 g/mol. The van der Waals surface area contributed by atoms with E-state index in [9.17, 15) is 15.0 Å². The van der Waals surface area contributed by atoms with Crippen LogP contribution < -0.4 is 0 Å². The van der Waals surface area contributed by atoms with Crippen molar-refractivity contribution in [3.8, 4) is 0 Å². The summed E-state index contributed by atoms with van der Waals surface area (Å²) in [6.07, 6.45) is 0.322. The molecular weight excluding hydrogens is 230 g/mol. The number of aryl methyl sites for hydroxylation is 1. The minimum absolute atomic E-state index is 0.262. The van der Waals surface area contributed by atoms with Crippen LogP contribution in [-0.2, 0) is 11.2 Å². The molecule has 18 heavy (non-hydrogen) atoms. The third-order valence-electron chi connectivity index (χ3n) is 3.31. The number of aliphatic hydroxyl groups is 2. The number of hydrogen-bond acceptors (Lipinski definition) is 3. The molecule has 0 unspecified atom stereocenters. The van der Waals surface area contributed by atoms with Gasteiger partial charge in [0, 0.05) is 13.1 Å². The van der Waals surface area contributed by atoms with Crippen LogP contribution in [0.5, 0.6) is 0 Å². The summed E-state index contributed by atoms with van der Waals surface area (Å²) in [6, 6.07) is 9.80. The fraction of sp³-hybridized carbons (Fsp3) is 0.500. The van der Waals surface area contributed by atoms with E-state index in [2.05, 4.69) is 0 Å². The van der Waals surface area contributed by atoms with Crippen LogP contribution in [0.4, 0.5) is 0 Å². The van der Waals surface area contributed by atoms with Crippen molar-refractivity contribution in [1.29, 1.82) is 0 Å². The predicted molar refractivity (Wildman–Crippen MR) is 68.0 cm³/mol. The number of nitrogens with zero attached hydrogens (tertiary/aromatic N) is 1. The van der Waals surface area contributed by atoms with Crippen LogP contribution in [0.15, 0.2) is 30.3 Å². The molecule has 4 heteroatoms. The average Bonchev–Trinajstić information content (AvgIpc) is 2.83. The lowest BCUT2D eigenvalue weighted by Crippen LogP contribution is -2.38. The number of aliphatic hydroxyl groups excluding tert-OH is 2. The van der Waals surface area contributed by atoms with E-state index in [4.69, 9.17) is 0 Å². The summed E-state index contributed by atoms with van der Waals surface area (Å²) >= 11 is 0. The van der Waals surface area contributed by atoms with Crippen molar-refractivity contribution in [3.63, 3.8) is 0 Å². The predicted octanol–water partition coefficient (Wildman–Crippen LogP) is 0.573. The third-order valence-corrected chi connectivity index (χ3v) is 3.31. The maximum atomic E-state index is 11.9. The molecule has 0 saturated carbocycles. The molecule has 0 bridgehead atoms. The first-order valence-corrected chi connectivity index (χ1v) is 6.35. The zero-order valence-electron chi connectivity index (χ0n) is 10.3. The Morgan fingerprint density at radius 2 is 2.11 bits per heavy atom. The fourth-order valence-electron chi connectivity index (χ4n) is 2.22. The molecular formula is C14H19NO3. The first-order valence-electron chi connectivity index (χ1n) is 6.35. The molecule has 1 amide bonds. The molecule has 1 aromatic carbocycles. The van der Waals surface area contributed by atoms with Crippen LogP contribution in [0.1, 0.15) is 18.4 Å². The highest BCUT2D eigenvalue weighted by molar-refractivity contribution is 5.80. The monoisotopic (exact) mass is 249 g/mol. The number of rotatable bonds is 4. The molecule has 0 aliphatic carbocycles. The number of hydrogen-bond donors (Lipinski definition) is 2. The van der Waals surface area contributed by atoms with Crippen molar-refractivity contribution in [2.24, 2.45) is 0 Å². The molecule has 4 nitrogen and oxygen atoms in total. The fourth-order valence-corrected chi connectivity index (χ4v) is 2.22. The van der Waals surface area contributed by atoms with Crippen molar-refractivity contribution in [2.75, 3.05) is 13.1 Å². The number of β-amino-alcohol motifs (C(OH)–C–C–N with tert-alkyl or cyclic N) is 1. The second-order valence-corrected chi connectivity index (χ2v) is 4.77. The van der Waals surface area contributed by atoms with Crippen molar-refractivity contribution >= 4 is 5.91 Å². The summed E-state index contributed by atoms with van der Waals surface area (Å²) in [5.41, 5.74) is 1.12. The smallest absolute Gasteiger partial charge is 0.251 e. The van der Waals surface area contributed by atoms with Crippen molar-refractivity contribution < 1.29 is 15.0 Å². The standard InChI is InChI=1S/C14H19NO3/c16-12-8-9-15(10-12)14(18)13(17)7-6-11-4-2-1-3-5-11/h1-5,12-13,16-17H,6-10H2/t12-,13-/m1/s1. The second-order valence-electron chi connectivity index (χ2n) is 4.77.